The van der Waals surface area contributed by atoms with Crippen LogP contribution < -0.4 is 5.56 Å². The van der Waals surface area contributed by atoms with Crippen LogP contribution in [0.2, 0.25) is 5.02 Å². The highest BCUT2D eigenvalue weighted by Crippen LogP contribution is 2.18. The molecule has 3 rings (SSSR count). The molecule has 2 heterocycles. The van der Waals surface area contributed by atoms with Crippen LogP contribution in [0.4, 0.5) is 0 Å². The summed E-state index contributed by atoms with van der Waals surface area (Å²) in [6, 6.07) is 8.59. The number of halogens is 1. The highest BCUT2D eigenvalue weighted by atomic mass is 35.5. The van der Waals surface area contributed by atoms with E-state index in [4.69, 9.17) is 11.6 Å². The van der Waals surface area contributed by atoms with Gasteiger partial charge in [-0.2, -0.15) is 0 Å². The van der Waals surface area contributed by atoms with Crippen LogP contribution >= 0.6 is 22.9 Å². The van der Waals surface area contributed by atoms with Crippen molar-refractivity contribution >= 4 is 45.5 Å². The molecule has 1 N–H and O–H groups in total. The van der Waals surface area contributed by atoms with E-state index in [2.05, 4.69) is 9.97 Å². The number of carbonyl (C=O) groups excluding carboxylic acids is 2. The van der Waals surface area contributed by atoms with Crippen LogP contribution in [0.1, 0.15) is 46.6 Å². The van der Waals surface area contributed by atoms with Crippen molar-refractivity contribution in [2.45, 2.75) is 39.7 Å². The number of nitrogens with one attached hydrogen (secondary N) is 1. The van der Waals surface area contributed by atoms with E-state index in [0.29, 0.717) is 33.2 Å². The Hall–Kier alpha value is -2.51. The average Bonchev–Trinajstić information content (AvgIpc) is 3.11. The molecule has 8 heteroatoms. The van der Waals surface area contributed by atoms with Crippen LogP contribution in [-0.2, 0) is 11.3 Å². The first-order valence-corrected chi connectivity index (χ1v) is 10.6. The molecule has 1 amide bonds. The average molecular weight is 432 g/mol. The summed E-state index contributed by atoms with van der Waals surface area (Å²) in [6.07, 6.45) is 1.04. The number of hydrogen-bond acceptors (Lipinski definition) is 5. The number of aryl methyl sites for hydroxylation is 1. The van der Waals surface area contributed by atoms with Crippen LogP contribution in [0.3, 0.4) is 0 Å². The van der Waals surface area contributed by atoms with E-state index in [1.54, 1.807) is 29.2 Å². The van der Waals surface area contributed by atoms with Crippen molar-refractivity contribution in [3.8, 4) is 0 Å². The molecule has 0 aliphatic rings. The lowest BCUT2D eigenvalue weighted by atomic mass is 10.1. The van der Waals surface area contributed by atoms with Gasteiger partial charge >= 0.3 is 0 Å². The van der Waals surface area contributed by atoms with E-state index in [1.807, 2.05) is 19.9 Å². The second kappa shape index (κ2) is 9.33. The van der Waals surface area contributed by atoms with Crippen LogP contribution in [0.15, 0.2) is 35.1 Å². The Bertz CT molecular complexity index is 1110. The number of fused-ring (bicyclic) bond motifs is 1. The molecule has 0 atom stereocenters. The van der Waals surface area contributed by atoms with Gasteiger partial charge in [-0.15, -0.1) is 11.3 Å². The number of ketones is 1. The molecule has 2 aromatic heterocycles. The number of thiophene rings is 1. The summed E-state index contributed by atoms with van der Waals surface area (Å²) in [7, 11) is 0. The maximum absolute atomic E-state index is 12.7. The van der Waals surface area contributed by atoms with Crippen LogP contribution in [0, 0.1) is 6.92 Å². The Morgan fingerprint density at radius 2 is 2.00 bits per heavy atom. The molecule has 0 bridgehead atoms. The number of Topliss-reactive ketones (excluding diaryl/α,β-unsaturated/α-hetero) is 1. The zero-order chi connectivity index (χ0) is 21.0. The number of aromatic nitrogens is 2. The second-order valence-corrected chi connectivity index (χ2v) is 8.55. The molecule has 29 heavy (non-hydrogen) atoms. The summed E-state index contributed by atoms with van der Waals surface area (Å²) in [4.78, 5) is 47.9. The molecule has 0 radical (unpaired) electrons. The molecule has 0 spiro atoms. The van der Waals surface area contributed by atoms with Gasteiger partial charge in [-0.25, -0.2) is 4.98 Å². The topological polar surface area (TPSA) is 83.1 Å². The lowest BCUT2D eigenvalue weighted by Gasteiger charge is -2.21. The SMILES string of the molecule is CCCN(Cc1nc2cc(Cl)ccc2c(=O)[nH]1)C(=O)CCC(=O)c1ccc(C)s1. The normalized spacial score (nSPS) is 11.0. The molecule has 6 nitrogen and oxygen atoms in total. The summed E-state index contributed by atoms with van der Waals surface area (Å²) in [6.45, 7) is 4.61. The Morgan fingerprint density at radius 1 is 1.21 bits per heavy atom. The Balaban J connectivity index is 1.72. The number of benzene rings is 1. The van der Waals surface area contributed by atoms with E-state index in [0.717, 1.165) is 11.3 Å². The van der Waals surface area contributed by atoms with Crippen molar-refractivity contribution < 1.29 is 9.59 Å². The standard InChI is InChI=1S/C21H22ClN3O3S/c1-3-10-25(20(27)9-7-17(26)18-8-4-13(2)29-18)12-19-23-16-11-14(22)5-6-15(16)21(28)24-19/h4-6,8,11H,3,7,9-10,12H2,1-2H3,(H,23,24,28). The Labute approximate surface area is 177 Å². The number of aromatic amines is 1. The van der Waals surface area contributed by atoms with Crippen LogP contribution in [-0.4, -0.2) is 33.1 Å². The second-order valence-electron chi connectivity index (χ2n) is 6.82. The van der Waals surface area contributed by atoms with Crippen LogP contribution in [0.5, 0.6) is 0 Å². The van der Waals surface area contributed by atoms with Gasteiger partial charge in [0.1, 0.15) is 5.82 Å². The van der Waals surface area contributed by atoms with E-state index in [-0.39, 0.29) is 36.6 Å². The third kappa shape index (κ3) is 5.31. The van der Waals surface area contributed by atoms with Crippen LogP contribution in [0.25, 0.3) is 10.9 Å². The minimum absolute atomic E-state index is 0.0280. The zero-order valence-corrected chi connectivity index (χ0v) is 17.9. The van der Waals surface area contributed by atoms with Gasteiger partial charge in [0, 0.05) is 29.3 Å². The van der Waals surface area contributed by atoms with Gasteiger partial charge < -0.3 is 9.88 Å². The molecule has 0 aliphatic heterocycles. The predicted octanol–water partition coefficient (Wildman–Crippen LogP) is 4.35. The number of nitrogens with zero attached hydrogens (tertiary/aromatic N) is 2. The minimum Gasteiger partial charge on any atom is -0.335 e. The molecule has 152 valence electrons. The molecular formula is C21H22ClN3O3S. The molecule has 1 aromatic carbocycles. The summed E-state index contributed by atoms with van der Waals surface area (Å²) >= 11 is 7.44. The predicted molar refractivity (Wildman–Crippen MR) is 116 cm³/mol. The molecule has 0 saturated carbocycles. The maximum atomic E-state index is 12.7. The zero-order valence-electron chi connectivity index (χ0n) is 16.3. The van der Waals surface area contributed by atoms with Gasteiger partial charge in [-0.3, -0.25) is 14.4 Å². The monoisotopic (exact) mass is 431 g/mol. The van der Waals surface area contributed by atoms with E-state index in [1.165, 1.54) is 11.3 Å². The van der Waals surface area contributed by atoms with Crippen molar-refractivity contribution in [1.82, 2.24) is 14.9 Å². The number of hydrogen-bond donors (Lipinski definition) is 1. The summed E-state index contributed by atoms with van der Waals surface area (Å²) in [5.74, 6) is 0.230. The fraction of sp³-hybridized carbons (Fsp3) is 0.333. The maximum Gasteiger partial charge on any atom is 0.258 e. The smallest absolute Gasteiger partial charge is 0.258 e. The molecular weight excluding hydrogens is 410 g/mol. The molecule has 0 fully saturated rings. The van der Waals surface area contributed by atoms with Crippen molar-refractivity contribution in [2.75, 3.05) is 6.54 Å². The number of rotatable bonds is 8. The first-order valence-electron chi connectivity index (χ1n) is 9.43. The third-order valence-electron chi connectivity index (χ3n) is 4.49. The van der Waals surface area contributed by atoms with Gasteiger partial charge in [-0.1, -0.05) is 18.5 Å². The highest BCUT2D eigenvalue weighted by molar-refractivity contribution is 7.14. The van der Waals surface area contributed by atoms with E-state index >= 15 is 0 Å². The van der Waals surface area contributed by atoms with Crippen molar-refractivity contribution in [3.05, 3.63) is 61.3 Å². The van der Waals surface area contributed by atoms with Gasteiger partial charge in [0.15, 0.2) is 5.78 Å². The Morgan fingerprint density at radius 3 is 2.69 bits per heavy atom. The quantitative estimate of drug-likeness (QED) is 0.537. The van der Waals surface area contributed by atoms with Crippen molar-refractivity contribution in [2.24, 2.45) is 0 Å². The largest absolute Gasteiger partial charge is 0.335 e. The number of H-pyrrole nitrogens is 1. The molecule has 0 unspecified atom stereocenters. The van der Waals surface area contributed by atoms with Crippen molar-refractivity contribution in [3.63, 3.8) is 0 Å². The van der Waals surface area contributed by atoms with E-state index in [9.17, 15) is 14.4 Å². The highest BCUT2D eigenvalue weighted by Gasteiger charge is 2.18. The lowest BCUT2D eigenvalue weighted by molar-refractivity contribution is -0.131. The number of amides is 1. The van der Waals surface area contributed by atoms with E-state index < -0.39 is 0 Å². The first-order chi connectivity index (χ1) is 13.9. The molecule has 3 aromatic rings. The first kappa shape index (κ1) is 21.2. The van der Waals surface area contributed by atoms with Gasteiger partial charge in [0.25, 0.3) is 5.56 Å². The molecule has 0 saturated heterocycles. The van der Waals surface area contributed by atoms with Crippen molar-refractivity contribution in [1.29, 1.82) is 0 Å². The summed E-state index contributed by atoms with van der Waals surface area (Å²) in [5, 5.41) is 0.939. The molecule has 0 aliphatic carbocycles. The fourth-order valence-electron chi connectivity index (χ4n) is 3.06. The lowest BCUT2D eigenvalue weighted by Crippen LogP contribution is -2.33. The third-order valence-corrected chi connectivity index (χ3v) is 5.76. The Kier molecular flexibility index (Phi) is 6.82. The number of carbonyl (C=O) groups is 2. The minimum atomic E-state index is -0.270. The van der Waals surface area contributed by atoms with Gasteiger partial charge in [0.2, 0.25) is 5.91 Å². The van der Waals surface area contributed by atoms with Gasteiger partial charge in [-0.05, 0) is 43.7 Å². The van der Waals surface area contributed by atoms with Gasteiger partial charge in [0.05, 0.1) is 22.3 Å². The summed E-state index contributed by atoms with van der Waals surface area (Å²) < 4.78 is 0. The summed E-state index contributed by atoms with van der Waals surface area (Å²) in [5.41, 5.74) is 0.220. The fourth-order valence-corrected chi connectivity index (χ4v) is 4.07.